The van der Waals surface area contributed by atoms with Gasteiger partial charge in [0, 0.05) is 42.1 Å². The second-order valence-electron chi connectivity index (χ2n) is 17.9. The normalized spacial score (nSPS) is 18.9. The second kappa shape index (κ2) is 17.5. The SMILES string of the molecule is COC(=O)N[C@H](C(=O)N1CCC[C@H]1c1ncc(-c2cc(F)c3c(c2)O[C@@H](c2ccccc2)n2c-3cc3cc(-c4cnc([C@@H]5CCCN5C(=O)[C@@H](NC(C)=O)C(C)C)[nH]4)ccc32)[nH]1)C(C)C. The smallest absolute Gasteiger partial charge is 0.407 e. The van der Waals surface area contributed by atoms with Crippen molar-refractivity contribution in [2.75, 3.05) is 20.2 Å². The number of imidazole rings is 2. The summed E-state index contributed by atoms with van der Waals surface area (Å²) in [6.07, 6.45) is 5.16. The first-order valence-corrected chi connectivity index (χ1v) is 22.3. The highest BCUT2D eigenvalue weighted by atomic mass is 19.1. The summed E-state index contributed by atoms with van der Waals surface area (Å²) in [6, 6.07) is 19.2. The maximum atomic E-state index is 16.8. The third kappa shape index (κ3) is 8.10. The van der Waals surface area contributed by atoms with Crippen molar-refractivity contribution in [2.45, 2.75) is 90.7 Å². The van der Waals surface area contributed by atoms with Crippen molar-refractivity contribution in [2.24, 2.45) is 11.8 Å². The van der Waals surface area contributed by atoms with Gasteiger partial charge in [0.2, 0.25) is 23.9 Å². The highest BCUT2D eigenvalue weighted by molar-refractivity contribution is 5.93. The van der Waals surface area contributed by atoms with Crippen molar-refractivity contribution in [3.05, 3.63) is 102 Å². The summed E-state index contributed by atoms with van der Waals surface area (Å²) in [4.78, 5) is 71.4. The third-order valence-corrected chi connectivity index (χ3v) is 12.9. The maximum absolute atomic E-state index is 16.8. The van der Waals surface area contributed by atoms with E-state index in [1.54, 1.807) is 17.3 Å². The summed E-state index contributed by atoms with van der Waals surface area (Å²) in [5, 5.41) is 6.39. The molecule has 0 aliphatic carbocycles. The molecule has 4 amide bonds. The molecule has 0 bridgehead atoms. The molecule has 0 spiro atoms. The number of benzene rings is 3. The fourth-order valence-electron chi connectivity index (χ4n) is 9.66. The minimum Gasteiger partial charge on any atom is -0.465 e. The van der Waals surface area contributed by atoms with Gasteiger partial charge in [-0.15, -0.1) is 0 Å². The van der Waals surface area contributed by atoms with E-state index in [-0.39, 0.29) is 41.6 Å². The van der Waals surface area contributed by atoms with Crippen LogP contribution in [0.1, 0.15) is 95.8 Å². The predicted molar refractivity (Wildman–Crippen MR) is 242 cm³/mol. The van der Waals surface area contributed by atoms with Gasteiger partial charge in [-0.25, -0.2) is 19.2 Å². The van der Waals surface area contributed by atoms with Crippen LogP contribution in [0.4, 0.5) is 9.18 Å². The van der Waals surface area contributed by atoms with Crippen molar-refractivity contribution in [1.29, 1.82) is 0 Å². The number of rotatable bonds is 11. The fourth-order valence-corrected chi connectivity index (χ4v) is 9.66. The lowest BCUT2D eigenvalue weighted by molar-refractivity contribution is -0.138. The summed E-state index contributed by atoms with van der Waals surface area (Å²) in [5.74, 6) is 0.343. The van der Waals surface area contributed by atoms with Gasteiger partial charge in [-0.3, -0.25) is 14.4 Å². The molecule has 338 valence electrons. The topological polar surface area (TPSA) is 180 Å². The van der Waals surface area contributed by atoms with Crippen molar-refractivity contribution >= 4 is 34.7 Å². The number of ether oxygens (including phenoxy) is 2. The van der Waals surface area contributed by atoms with Crippen LogP contribution in [0.3, 0.4) is 0 Å². The molecule has 16 heteroatoms. The van der Waals surface area contributed by atoms with Gasteiger partial charge in [0.15, 0.2) is 0 Å². The Morgan fingerprint density at radius 1 is 0.785 bits per heavy atom. The summed E-state index contributed by atoms with van der Waals surface area (Å²) in [7, 11) is 1.27. The highest BCUT2D eigenvalue weighted by Crippen LogP contribution is 2.47. The van der Waals surface area contributed by atoms with E-state index < -0.39 is 30.2 Å². The molecule has 9 rings (SSSR count). The Bertz CT molecular complexity index is 2780. The van der Waals surface area contributed by atoms with Crippen molar-refractivity contribution in [1.82, 2.24) is 44.9 Å². The van der Waals surface area contributed by atoms with E-state index in [9.17, 15) is 19.2 Å². The summed E-state index contributed by atoms with van der Waals surface area (Å²) in [5.41, 5.74) is 5.49. The van der Waals surface area contributed by atoms with E-state index in [2.05, 4.69) is 25.6 Å². The van der Waals surface area contributed by atoms with Gasteiger partial charge in [-0.1, -0.05) is 64.1 Å². The number of nitrogens with one attached hydrogen (secondary N) is 4. The van der Waals surface area contributed by atoms with E-state index in [1.807, 2.05) is 97.8 Å². The monoisotopic (exact) mass is 883 g/mol. The molecule has 0 saturated carbocycles. The first kappa shape index (κ1) is 43.3. The number of fused-ring (bicyclic) bond motifs is 5. The van der Waals surface area contributed by atoms with Crippen LogP contribution in [0.15, 0.2) is 79.1 Å². The molecule has 2 fully saturated rings. The van der Waals surface area contributed by atoms with Gasteiger partial charge < -0.3 is 44.4 Å². The number of hydrogen-bond acceptors (Lipinski definition) is 8. The number of nitrogens with zero attached hydrogens (tertiary/aromatic N) is 5. The average Bonchev–Trinajstić information content (AvgIpc) is 4.15. The summed E-state index contributed by atoms with van der Waals surface area (Å²) in [6.45, 7) is 10.1. The number of carbonyl (C=O) groups excluding carboxylic acids is 4. The Morgan fingerprint density at radius 2 is 1.38 bits per heavy atom. The summed E-state index contributed by atoms with van der Waals surface area (Å²) < 4.78 is 30.4. The lowest BCUT2D eigenvalue weighted by Crippen LogP contribution is -2.51. The Kier molecular flexibility index (Phi) is 11.7. The second-order valence-corrected chi connectivity index (χ2v) is 17.9. The quantitative estimate of drug-likeness (QED) is 0.101. The summed E-state index contributed by atoms with van der Waals surface area (Å²) >= 11 is 0. The number of amides is 4. The minimum absolute atomic E-state index is 0.0738. The number of methoxy groups -OCH3 is 1. The van der Waals surface area contributed by atoms with Gasteiger partial charge in [-0.05, 0) is 67.9 Å². The van der Waals surface area contributed by atoms with Crippen LogP contribution in [-0.4, -0.2) is 90.4 Å². The van der Waals surface area contributed by atoms with Crippen molar-refractivity contribution in [3.63, 3.8) is 0 Å². The molecule has 3 aromatic heterocycles. The number of alkyl carbamates (subject to hydrolysis) is 1. The Hall–Kier alpha value is -6.97. The molecule has 2 saturated heterocycles. The molecule has 3 aliphatic heterocycles. The molecule has 5 atom stereocenters. The van der Waals surface area contributed by atoms with Gasteiger partial charge in [0.1, 0.15) is 35.3 Å². The van der Waals surface area contributed by atoms with Gasteiger partial charge in [-0.2, -0.15) is 0 Å². The molecule has 4 N–H and O–H groups in total. The Morgan fingerprint density at radius 3 is 1.97 bits per heavy atom. The lowest BCUT2D eigenvalue weighted by atomic mass is 10.0. The molecule has 0 radical (unpaired) electrons. The van der Waals surface area contributed by atoms with E-state index in [0.717, 1.165) is 47.0 Å². The first-order valence-electron chi connectivity index (χ1n) is 22.3. The average molecular weight is 884 g/mol. The number of aromatic amines is 2. The number of carbonyl (C=O) groups is 4. The molecule has 6 heterocycles. The fraction of sp³-hybridized carbons (Fsp3) is 0.388. The maximum Gasteiger partial charge on any atom is 0.407 e. The zero-order valence-corrected chi connectivity index (χ0v) is 37.4. The standard InChI is InChI=1S/C49H54FN9O6/c1-26(2)42(53-28(5)60)46(61)57-18-10-14-37(57)44-51-24-34(54-44)30-16-17-36-32(20-30)22-39-41-33(50)21-31(23-40(41)65-48(59(36)39)29-12-8-7-9-13-29)35-25-52-45(55-35)38-15-11-19-58(38)47(62)43(27(3)4)56-49(63)64-6/h7-9,12-13,16-17,20-27,37-38,42-43,48H,10-11,14-15,18-19H2,1-6H3,(H,51,54)(H,52,55)(H,53,60)(H,56,63)/t37-,38-,42-,43-,48-/m0/s1. The Balaban J connectivity index is 1.02. The van der Waals surface area contributed by atoms with Crippen LogP contribution >= 0.6 is 0 Å². The molecule has 15 nitrogen and oxygen atoms in total. The van der Waals surface area contributed by atoms with Gasteiger partial charge in [0.05, 0.1) is 59.7 Å². The van der Waals surface area contributed by atoms with Crippen molar-refractivity contribution in [3.8, 4) is 39.5 Å². The third-order valence-electron chi connectivity index (χ3n) is 12.9. The predicted octanol–water partition coefficient (Wildman–Crippen LogP) is 8.04. The zero-order chi connectivity index (χ0) is 45.7. The van der Waals surface area contributed by atoms with Crippen LogP contribution in [0.2, 0.25) is 0 Å². The van der Waals surface area contributed by atoms with Crippen LogP contribution in [0.5, 0.6) is 5.75 Å². The number of aromatic nitrogens is 5. The largest absolute Gasteiger partial charge is 0.465 e. The van der Waals surface area contributed by atoms with Crippen LogP contribution in [-0.2, 0) is 19.1 Å². The van der Waals surface area contributed by atoms with Crippen LogP contribution < -0.4 is 15.4 Å². The van der Waals surface area contributed by atoms with E-state index in [0.29, 0.717) is 59.4 Å². The van der Waals surface area contributed by atoms with Crippen LogP contribution in [0, 0.1) is 17.7 Å². The molecule has 3 aromatic carbocycles. The van der Waals surface area contributed by atoms with E-state index in [1.165, 1.54) is 20.1 Å². The molecular formula is C49H54FN9O6. The van der Waals surface area contributed by atoms with Gasteiger partial charge >= 0.3 is 6.09 Å². The number of H-pyrrole nitrogens is 2. The number of halogens is 1. The Labute approximate surface area is 376 Å². The van der Waals surface area contributed by atoms with Gasteiger partial charge in [0.25, 0.3) is 0 Å². The number of likely N-dealkylation sites (tertiary alicyclic amines) is 2. The zero-order valence-electron chi connectivity index (χ0n) is 37.4. The lowest BCUT2D eigenvalue weighted by Gasteiger charge is -2.31. The molecule has 0 unspecified atom stereocenters. The highest BCUT2D eigenvalue weighted by Gasteiger charge is 2.39. The van der Waals surface area contributed by atoms with Crippen molar-refractivity contribution < 1.29 is 33.0 Å². The molecule has 3 aliphatic rings. The first-order chi connectivity index (χ1) is 31.3. The molecule has 65 heavy (non-hydrogen) atoms. The van der Waals surface area contributed by atoms with E-state index >= 15 is 4.39 Å². The number of hydrogen-bond donors (Lipinski definition) is 4. The molecular weight excluding hydrogens is 830 g/mol. The van der Waals surface area contributed by atoms with Crippen LogP contribution in [0.25, 0.3) is 44.7 Å². The minimum atomic E-state index is -0.768. The van der Waals surface area contributed by atoms with E-state index in [4.69, 9.17) is 14.5 Å². The molecule has 6 aromatic rings.